The molecule has 18 heavy (non-hydrogen) atoms. The van der Waals surface area contributed by atoms with Gasteiger partial charge in [0.25, 0.3) is 0 Å². The quantitative estimate of drug-likeness (QED) is 0.717. The van der Waals surface area contributed by atoms with Crippen molar-refractivity contribution < 1.29 is 4.79 Å². The molecular formula is C15H24N2O. The van der Waals surface area contributed by atoms with Crippen LogP contribution in [0.15, 0.2) is 30.3 Å². The van der Waals surface area contributed by atoms with E-state index in [1.165, 1.54) is 5.56 Å². The summed E-state index contributed by atoms with van der Waals surface area (Å²) in [6.07, 6.45) is 2.28. The van der Waals surface area contributed by atoms with Gasteiger partial charge in [0.15, 0.2) is 0 Å². The highest BCUT2D eigenvalue weighted by Crippen LogP contribution is 2.04. The summed E-state index contributed by atoms with van der Waals surface area (Å²) < 4.78 is 0. The third kappa shape index (κ3) is 5.32. The minimum Gasteiger partial charge on any atom is -0.338 e. The summed E-state index contributed by atoms with van der Waals surface area (Å²) in [6.45, 7) is 6.99. The average Bonchev–Trinajstić information content (AvgIpc) is 2.42. The molecule has 0 fully saturated rings. The number of nitrogens with zero attached hydrogens (tertiary/aromatic N) is 1. The Balaban J connectivity index is 2.38. The smallest absolute Gasteiger partial charge is 0.236 e. The number of likely N-dealkylation sites (N-methyl/N-ethyl adjacent to an activating group) is 1. The van der Waals surface area contributed by atoms with Crippen LogP contribution in [0.5, 0.6) is 0 Å². The van der Waals surface area contributed by atoms with Crippen molar-refractivity contribution in [1.82, 2.24) is 10.2 Å². The van der Waals surface area contributed by atoms with Crippen LogP contribution in [0.1, 0.15) is 32.3 Å². The van der Waals surface area contributed by atoms with Crippen molar-refractivity contribution >= 4 is 5.91 Å². The molecule has 0 aromatic heterocycles. The molecule has 1 aromatic rings. The van der Waals surface area contributed by atoms with Gasteiger partial charge in [-0.2, -0.15) is 0 Å². The second-order valence-electron chi connectivity index (χ2n) is 4.42. The Labute approximate surface area is 110 Å². The maximum absolute atomic E-state index is 12.0. The van der Waals surface area contributed by atoms with Crippen LogP contribution in [-0.4, -0.2) is 30.4 Å². The van der Waals surface area contributed by atoms with Crippen LogP contribution >= 0.6 is 0 Å². The molecule has 0 aliphatic heterocycles. The van der Waals surface area contributed by atoms with E-state index in [1.807, 2.05) is 30.0 Å². The minimum atomic E-state index is 0.178. The molecule has 0 heterocycles. The molecule has 0 aliphatic rings. The molecule has 0 aliphatic carbocycles. The largest absolute Gasteiger partial charge is 0.338 e. The van der Waals surface area contributed by atoms with Gasteiger partial charge in [0.05, 0.1) is 6.54 Å². The monoisotopic (exact) mass is 248 g/mol. The van der Waals surface area contributed by atoms with E-state index in [9.17, 15) is 4.79 Å². The summed E-state index contributed by atoms with van der Waals surface area (Å²) in [4.78, 5) is 13.9. The van der Waals surface area contributed by atoms with Gasteiger partial charge in [-0.05, 0) is 25.5 Å². The number of rotatable bonds is 8. The molecule has 0 atom stereocenters. The molecule has 100 valence electrons. The standard InChI is InChI=1S/C15H24N2O/c1-3-5-11-16-12-15(18)17(4-2)13-14-9-7-6-8-10-14/h6-10,16H,3-5,11-13H2,1-2H3. The van der Waals surface area contributed by atoms with E-state index in [4.69, 9.17) is 0 Å². The van der Waals surface area contributed by atoms with Gasteiger partial charge in [-0.3, -0.25) is 4.79 Å². The van der Waals surface area contributed by atoms with E-state index in [0.717, 1.165) is 25.9 Å². The van der Waals surface area contributed by atoms with Gasteiger partial charge in [0, 0.05) is 13.1 Å². The first-order valence-corrected chi connectivity index (χ1v) is 6.80. The van der Waals surface area contributed by atoms with Crippen LogP contribution < -0.4 is 5.32 Å². The zero-order valence-electron chi connectivity index (χ0n) is 11.5. The van der Waals surface area contributed by atoms with Gasteiger partial charge in [0.1, 0.15) is 0 Å². The number of carbonyl (C=O) groups is 1. The highest BCUT2D eigenvalue weighted by atomic mass is 16.2. The third-order valence-corrected chi connectivity index (χ3v) is 2.93. The van der Waals surface area contributed by atoms with Crippen LogP contribution in [-0.2, 0) is 11.3 Å². The minimum absolute atomic E-state index is 0.178. The fourth-order valence-corrected chi connectivity index (χ4v) is 1.79. The Morgan fingerprint density at radius 3 is 2.56 bits per heavy atom. The van der Waals surface area contributed by atoms with Gasteiger partial charge in [-0.1, -0.05) is 43.7 Å². The van der Waals surface area contributed by atoms with Gasteiger partial charge >= 0.3 is 0 Å². The number of hydrogen-bond donors (Lipinski definition) is 1. The van der Waals surface area contributed by atoms with Gasteiger partial charge in [0.2, 0.25) is 5.91 Å². The predicted octanol–water partition coefficient (Wildman–Crippen LogP) is 2.42. The average molecular weight is 248 g/mol. The molecule has 0 saturated heterocycles. The molecule has 0 bridgehead atoms. The second-order valence-corrected chi connectivity index (χ2v) is 4.42. The zero-order chi connectivity index (χ0) is 13.2. The van der Waals surface area contributed by atoms with Crippen molar-refractivity contribution in [3.05, 3.63) is 35.9 Å². The zero-order valence-corrected chi connectivity index (χ0v) is 11.5. The summed E-state index contributed by atoms with van der Waals surface area (Å²) in [5.41, 5.74) is 1.18. The summed E-state index contributed by atoms with van der Waals surface area (Å²) in [6, 6.07) is 10.1. The second kappa shape index (κ2) is 8.70. The maximum Gasteiger partial charge on any atom is 0.236 e. The van der Waals surface area contributed by atoms with Crippen LogP contribution in [0.4, 0.5) is 0 Å². The number of nitrogens with one attached hydrogen (secondary N) is 1. The van der Waals surface area contributed by atoms with Crippen molar-refractivity contribution in [2.24, 2.45) is 0 Å². The first-order chi connectivity index (χ1) is 8.77. The van der Waals surface area contributed by atoms with Crippen molar-refractivity contribution in [1.29, 1.82) is 0 Å². The van der Waals surface area contributed by atoms with E-state index in [0.29, 0.717) is 13.1 Å². The molecule has 3 nitrogen and oxygen atoms in total. The number of carbonyl (C=O) groups excluding carboxylic acids is 1. The maximum atomic E-state index is 12.0. The molecular weight excluding hydrogens is 224 g/mol. The Kier molecular flexibility index (Phi) is 7.11. The van der Waals surface area contributed by atoms with E-state index in [1.54, 1.807) is 0 Å². The Hall–Kier alpha value is -1.35. The first kappa shape index (κ1) is 14.7. The Morgan fingerprint density at radius 1 is 1.22 bits per heavy atom. The van der Waals surface area contributed by atoms with Crippen molar-refractivity contribution in [3.8, 4) is 0 Å². The third-order valence-electron chi connectivity index (χ3n) is 2.93. The van der Waals surface area contributed by atoms with Gasteiger partial charge < -0.3 is 10.2 Å². The van der Waals surface area contributed by atoms with E-state index < -0.39 is 0 Å². The lowest BCUT2D eigenvalue weighted by atomic mass is 10.2. The SMILES string of the molecule is CCCCNCC(=O)N(CC)Cc1ccccc1. The molecule has 0 spiro atoms. The van der Waals surface area contributed by atoms with Crippen molar-refractivity contribution in [3.63, 3.8) is 0 Å². The molecule has 0 unspecified atom stereocenters. The lowest BCUT2D eigenvalue weighted by molar-refractivity contribution is -0.130. The molecule has 3 heteroatoms. The number of benzene rings is 1. The molecule has 0 saturated carbocycles. The van der Waals surface area contributed by atoms with Crippen molar-refractivity contribution in [2.75, 3.05) is 19.6 Å². The van der Waals surface area contributed by atoms with E-state index >= 15 is 0 Å². The first-order valence-electron chi connectivity index (χ1n) is 6.80. The molecule has 1 rings (SSSR count). The number of unbranched alkanes of at least 4 members (excludes halogenated alkanes) is 1. The molecule has 1 N–H and O–H groups in total. The molecule has 1 aromatic carbocycles. The number of amides is 1. The fraction of sp³-hybridized carbons (Fsp3) is 0.533. The summed E-state index contributed by atoms with van der Waals surface area (Å²) in [5.74, 6) is 0.178. The van der Waals surface area contributed by atoms with E-state index in [2.05, 4.69) is 24.4 Å². The molecule has 0 radical (unpaired) electrons. The highest BCUT2D eigenvalue weighted by Gasteiger charge is 2.10. The Bertz CT molecular complexity index is 338. The predicted molar refractivity (Wildman–Crippen MR) is 75.3 cm³/mol. The molecule has 1 amide bonds. The number of hydrogen-bond acceptors (Lipinski definition) is 2. The summed E-state index contributed by atoms with van der Waals surface area (Å²) in [7, 11) is 0. The van der Waals surface area contributed by atoms with Crippen LogP contribution in [0.2, 0.25) is 0 Å². The Morgan fingerprint density at radius 2 is 1.94 bits per heavy atom. The summed E-state index contributed by atoms with van der Waals surface area (Å²) >= 11 is 0. The van der Waals surface area contributed by atoms with Crippen molar-refractivity contribution in [2.45, 2.75) is 33.2 Å². The summed E-state index contributed by atoms with van der Waals surface area (Å²) in [5, 5.41) is 3.20. The van der Waals surface area contributed by atoms with Gasteiger partial charge in [-0.15, -0.1) is 0 Å². The highest BCUT2D eigenvalue weighted by molar-refractivity contribution is 5.78. The van der Waals surface area contributed by atoms with Crippen LogP contribution in [0, 0.1) is 0 Å². The van der Waals surface area contributed by atoms with E-state index in [-0.39, 0.29) is 5.91 Å². The van der Waals surface area contributed by atoms with Crippen LogP contribution in [0.3, 0.4) is 0 Å². The lowest BCUT2D eigenvalue weighted by Gasteiger charge is -2.21. The topological polar surface area (TPSA) is 32.3 Å². The van der Waals surface area contributed by atoms with Gasteiger partial charge in [-0.25, -0.2) is 0 Å². The normalized spacial score (nSPS) is 10.3. The lowest BCUT2D eigenvalue weighted by Crippen LogP contribution is -2.37. The fourth-order valence-electron chi connectivity index (χ4n) is 1.79. The van der Waals surface area contributed by atoms with Crippen LogP contribution in [0.25, 0.3) is 0 Å².